The maximum absolute atomic E-state index is 13.3. The highest BCUT2D eigenvalue weighted by Crippen LogP contribution is 2.20. The molecular formula is C28H21N5O3. The molecule has 4 aromatic carbocycles. The topological polar surface area (TPSA) is 116 Å². The molecule has 1 heterocycles. The van der Waals surface area contributed by atoms with Gasteiger partial charge >= 0.3 is 0 Å². The van der Waals surface area contributed by atoms with Gasteiger partial charge in [0, 0.05) is 10.9 Å². The van der Waals surface area contributed by atoms with Crippen LogP contribution in [0.1, 0.15) is 27.7 Å². The molecular weight excluding hydrogens is 454 g/mol. The van der Waals surface area contributed by atoms with Crippen molar-refractivity contribution in [1.29, 1.82) is 0 Å². The molecule has 0 saturated heterocycles. The van der Waals surface area contributed by atoms with Gasteiger partial charge in [-0.3, -0.25) is 14.4 Å². The minimum atomic E-state index is -1.21. The average molecular weight is 476 g/mol. The van der Waals surface area contributed by atoms with Crippen molar-refractivity contribution in [1.82, 2.24) is 20.9 Å². The number of hydrogen-bond donors (Lipinski definition) is 3. The second-order valence-electron chi connectivity index (χ2n) is 8.10. The maximum atomic E-state index is 13.3. The van der Waals surface area contributed by atoms with E-state index in [1.807, 2.05) is 42.5 Å². The number of H-pyrrole nitrogens is 1. The number of nitrogens with zero attached hydrogens (tertiary/aromatic N) is 2. The summed E-state index contributed by atoms with van der Waals surface area (Å²) >= 11 is 0. The van der Waals surface area contributed by atoms with Gasteiger partial charge < -0.3 is 5.32 Å². The van der Waals surface area contributed by atoms with Gasteiger partial charge in [-0.2, -0.15) is 10.2 Å². The van der Waals surface area contributed by atoms with Gasteiger partial charge in [0.25, 0.3) is 17.4 Å². The molecule has 0 aliphatic carbocycles. The van der Waals surface area contributed by atoms with Crippen molar-refractivity contribution in [2.75, 3.05) is 0 Å². The summed E-state index contributed by atoms with van der Waals surface area (Å²) in [6.45, 7) is 0. The van der Waals surface area contributed by atoms with Crippen LogP contribution in [-0.2, 0) is 4.79 Å². The first-order valence-corrected chi connectivity index (χ1v) is 11.2. The molecule has 1 unspecified atom stereocenters. The SMILES string of the molecule is O=C(NC(C(=O)NN=Cc1ccc2ccccc2c1)c1n[nH]c(=O)c2ccccc12)c1ccccc1. The molecule has 8 heteroatoms. The van der Waals surface area contributed by atoms with E-state index in [2.05, 4.69) is 26.0 Å². The van der Waals surface area contributed by atoms with Crippen LogP contribution in [0.3, 0.4) is 0 Å². The molecule has 36 heavy (non-hydrogen) atoms. The summed E-state index contributed by atoms with van der Waals surface area (Å²) in [5.74, 6) is -1.08. The number of hydrogen-bond acceptors (Lipinski definition) is 5. The smallest absolute Gasteiger partial charge is 0.272 e. The van der Waals surface area contributed by atoms with Gasteiger partial charge in [0.15, 0.2) is 6.04 Å². The van der Waals surface area contributed by atoms with Crippen molar-refractivity contribution >= 4 is 39.6 Å². The third-order valence-corrected chi connectivity index (χ3v) is 5.73. The third kappa shape index (κ3) is 4.74. The predicted molar refractivity (Wildman–Crippen MR) is 139 cm³/mol. The highest BCUT2D eigenvalue weighted by molar-refractivity contribution is 5.99. The number of benzene rings is 4. The highest BCUT2D eigenvalue weighted by Gasteiger charge is 2.27. The lowest BCUT2D eigenvalue weighted by Crippen LogP contribution is -2.40. The van der Waals surface area contributed by atoms with Crippen molar-refractivity contribution in [2.24, 2.45) is 5.10 Å². The van der Waals surface area contributed by atoms with Crippen LogP contribution >= 0.6 is 0 Å². The number of aromatic nitrogens is 2. The molecule has 3 N–H and O–H groups in total. The van der Waals surface area contributed by atoms with Crippen molar-refractivity contribution in [2.45, 2.75) is 6.04 Å². The summed E-state index contributed by atoms with van der Waals surface area (Å²) in [7, 11) is 0. The van der Waals surface area contributed by atoms with Crippen molar-refractivity contribution in [3.63, 3.8) is 0 Å². The second-order valence-corrected chi connectivity index (χ2v) is 8.10. The van der Waals surface area contributed by atoms with Crippen molar-refractivity contribution in [3.8, 4) is 0 Å². The van der Waals surface area contributed by atoms with E-state index in [4.69, 9.17) is 0 Å². The number of fused-ring (bicyclic) bond motifs is 2. The Morgan fingerprint density at radius 2 is 1.53 bits per heavy atom. The maximum Gasteiger partial charge on any atom is 0.272 e. The van der Waals surface area contributed by atoms with Crippen LogP contribution in [0.2, 0.25) is 0 Å². The quantitative estimate of drug-likeness (QED) is 0.256. The highest BCUT2D eigenvalue weighted by atomic mass is 16.2. The number of amides is 2. The number of nitrogens with one attached hydrogen (secondary N) is 3. The van der Waals surface area contributed by atoms with Gasteiger partial charge in [-0.05, 0) is 40.6 Å². The molecule has 0 aliphatic rings. The second kappa shape index (κ2) is 10.0. The van der Waals surface area contributed by atoms with Crippen LogP contribution in [-0.4, -0.2) is 28.2 Å². The lowest BCUT2D eigenvalue weighted by atomic mass is 10.0. The number of carbonyl (C=O) groups excluding carboxylic acids is 2. The van der Waals surface area contributed by atoms with Crippen molar-refractivity contribution in [3.05, 3.63) is 124 Å². The Balaban J connectivity index is 1.45. The first kappa shape index (κ1) is 22.7. The third-order valence-electron chi connectivity index (χ3n) is 5.73. The zero-order valence-electron chi connectivity index (χ0n) is 19.0. The molecule has 8 nitrogen and oxygen atoms in total. The Labute approximate surface area is 205 Å². The van der Waals surface area contributed by atoms with Gasteiger partial charge in [-0.1, -0.05) is 72.8 Å². The molecule has 0 spiro atoms. The summed E-state index contributed by atoms with van der Waals surface area (Å²) in [6, 6.07) is 27.8. The summed E-state index contributed by atoms with van der Waals surface area (Å²) in [6.07, 6.45) is 1.53. The zero-order chi connectivity index (χ0) is 24.9. The minimum absolute atomic E-state index is 0.202. The lowest BCUT2D eigenvalue weighted by molar-refractivity contribution is -0.123. The molecule has 0 bridgehead atoms. The fourth-order valence-corrected chi connectivity index (χ4v) is 3.94. The molecule has 0 radical (unpaired) electrons. The summed E-state index contributed by atoms with van der Waals surface area (Å²) in [5, 5.41) is 16.3. The zero-order valence-corrected chi connectivity index (χ0v) is 19.0. The molecule has 1 atom stereocenters. The molecule has 2 amide bonds. The molecule has 0 saturated carbocycles. The number of rotatable bonds is 6. The van der Waals surface area contributed by atoms with Crippen LogP contribution in [0.15, 0.2) is 107 Å². The van der Waals surface area contributed by atoms with Crippen LogP contribution in [0, 0.1) is 0 Å². The van der Waals surface area contributed by atoms with E-state index in [9.17, 15) is 14.4 Å². The van der Waals surface area contributed by atoms with Crippen LogP contribution < -0.4 is 16.3 Å². The molecule has 0 aliphatic heterocycles. The van der Waals surface area contributed by atoms with Crippen LogP contribution in [0.5, 0.6) is 0 Å². The number of carbonyl (C=O) groups is 2. The Kier molecular flexibility index (Phi) is 6.31. The van der Waals surface area contributed by atoms with Gasteiger partial charge in [0.05, 0.1) is 11.6 Å². The van der Waals surface area contributed by atoms with E-state index in [0.717, 1.165) is 16.3 Å². The van der Waals surface area contributed by atoms with Gasteiger partial charge in [0.1, 0.15) is 5.69 Å². The normalized spacial score (nSPS) is 12.0. The van der Waals surface area contributed by atoms with Gasteiger partial charge in [-0.15, -0.1) is 0 Å². The van der Waals surface area contributed by atoms with Crippen LogP contribution in [0.4, 0.5) is 0 Å². The number of aromatic amines is 1. The first-order valence-electron chi connectivity index (χ1n) is 11.2. The molecule has 0 fully saturated rings. The van der Waals surface area contributed by atoms with Crippen LogP contribution in [0.25, 0.3) is 21.5 Å². The molecule has 176 valence electrons. The molecule has 5 rings (SSSR count). The lowest BCUT2D eigenvalue weighted by Gasteiger charge is -2.18. The Morgan fingerprint density at radius 3 is 2.33 bits per heavy atom. The fraction of sp³-hybridized carbons (Fsp3) is 0.0357. The van der Waals surface area contributed by atoms with Gasteiger partial charge in [-0.25, -0.2) is 10.5 Å². The van der Waals surface area contributed by atoms with E-state index in [-0.39, 0.29) is 5.69 Å². The fourth-order valence-electron chi connectivity index (χ4n) is 3.94. The minimum Gasteiger partial charge on any atom is -0.335 e. The molecule has 5 aromatic rings. The van der Waals surface area contributed by atoms with E-state index >= 15 is 0 Å². The standard InChI is InChI=1S/C28H21N5O3/c34-26(20-9-2-1-3-10-20)30-25(24-22-12-6-7-13-23(22)27(35)33-31-24)28(36)32-29-17-18-14-15-19-8-4-5-11-21(19)16-18/h1-17,25H,(H,30,34)(H,32,36)(H,33,35). The van der Waals surface area contributed by atoms with E-state index in [1.165, 1.54) is 6.21 Å². The Hall–Kier alpha value is -5.11. The van der Waals surface area contributed by atoms with E-state index < -0.39 is 23.4 Å². The monoisotopic (exact) mass is 475 g/mol. The van der Waals surface area contributed by atoms with E-state index in [1.54, 1.807) is 54.6 Å². The summed E-state index contributed by atoms with van der Waals surface area (Å²) in [4.78, 5) is 38.5. The average Bonchev–Trinajstić information content (AvgIpc) is 2.92. The van der Waals surface area contributed by atoms with Gasteiger partial charge in [0.2, 0.25) is 0 Å². The van der Waals surface area contributed by atoms with Crippen molar-refractivity contribution < 1.29 is 9.59 Å². The Bertz CT molecular complexity index is 1660. The predicted octanol–water partition coefficient (Wildman–Crippen LogP) is 3.70. The number of hydrazone groups is 1. The molecule has 1 aromatic heterocycles. The Morgan fingerprint density at radius 1 is 0.833 bits per heavy atom. The largest absolute Gasteiger partial charge is 0.335 e. The first-order chi connectivity index (χ1) is 17.6. The summed E-state index contributed by atoms with van der Waals surface area (Å²) < 4.78 is 0. The van der Waals surface area contributed by atoms with E-state index in [0.29, 0.717) is 16.3 Å². The summed E-state index contributed by atoms with van der Waals surface area (Å²) in [5.41, 5.74) is 3.48.